The van der Waals surface area contributed by atoms with E-state index in [1.54, 1.807) is 12.1 Å². The van der Waals surface area contributed by atoms with Gasteiger partial charge in [-0.3, -0.25) is 9.69 Å². The van der Waals surface area contributed by atoms with Crippen LogP contribution in [-0.4, -0.2) is 71.7 Å². The number of unbranched alkanes of at least 4 members (excludes halogenated alkanes) is 2. The van der Waals surface area contributed by atoms with Crippen molar-refractivity contribution in [3.05, 3.63) is 34.9 Å². The summed E-state index contributed by atoms with van der Waals surface area (Å²) in [5.74, 6) is 0.201. The number of nitrogens with one attached hydrogen (secondary N) is 2. The summed E-state index contributed by atoms with van der Waals surface area (Å²) < 4.78 is 0. The molecule has 1 aliphatic heterocycles. The number of carbonyl (C=O) groups is 2. The molecule has 7 nitrogen and oxygen atoms in total. The number of hydrogen-bond donors (Lipinski definition) is 3. The van der Waals surface area contributed by atoms with Crippen molar-refractivity contribution < 1.29 is 14.7 Å². The SMILES string of the molecule is CC(C)(O)CN1CCN(C(=O)CCCCCNC(=O)NCc2ccc(Cl)cc2)CC1. The molecule has 1 fully saturated rings. The van der Waals surface area contributed by atoms with Crippen LogP contribution in [0.1, 0.15) is 45.1 Å². The zero-order valence-corrected chi connectivity index (χ0v) is 18.9. The average molecular weight is 439 g/mol. The topological polar surface area (TPSA) is 84.9 Å². The number of piperazine rings is 1. The van der Waals surface area contributed by atoms with E-state index in [4.69, 9.17) is 11.6 Å². The highest BCUT2D eigenvalue weighted by molar-refractivity contribution is 6.30. The number of β-amino-alcohol motifs (C(OH)–C–C–N with tert-alkyl or cyclic N) is 1. The summed E-state index contributed by atoms with van der Waals surface area (Å²) in [6, 6.07) is 7.17. The van der Waals surface area contributed by atoms with Gasteiger partial charge in [0.25, 0.3) is 0 Å². The molecule has 1 saturated heterocycles. The van der Waals surface area contributed by atoms with Gasteiger partial charge in [-0.05, 0) is 44.4 Å². The predicted molar refractivity (Wildman–Crippen MR) is 119 cm³/mol. The first-order valence-electron chi connectivity index (χ1n) is 10.7. The molecule has 2 rings (SSSR count). The minimum atomic E-state index is -0.701. The third-order valence-corrected chi connectivity index (χ3v) is 5.31. The van der Waals surface area contributed by atoms with Gasteiger partial charge in [-0.15, -0.1) is 0 Å². The van der Waals surface area contributed by atoms with Gasteiger partial charge >= 0.3 is 6.03 Å². The Morgan fingerprint density at radius 3 is 2.33 bits per heavy atom. The molecule has 1 aromatic carbocycles. The molecule has 0 atom stereocenters. The van der Waals surface area contributed by atoms with Gasteiger partial charge in [0.15, 0.2) is 0 Å². The first-order valence-corrected chi connectivity index (χ1v) is 11.1. The molecule has 1 aliphatic rings. The van der Waals surface area contributed by atoms with E-state index in [0.29, 0.717) is 31.1 Å². The quantitative estimate of drug-likeness (QED) is 0.490. The first kappa shape index (κ1) is 24.4. The molecule has 0 unspecified atom stereocenters. The molecule has 0 aliphatic carbocycles. The van der Waals surface area contributed by atoms with Crippen molar-refractivity contribution in [1.82, 2.24) is 20.4 Å². The van der Waals surface area contributed by atoms with E-state index in [9.17, 15) is 14.7 Å². The zero-order chi connectivity index (χ0) is 22.0. The molecule has 3 amide bonds. The number of aliphatic hydroxyl groups is 1. The van der Waals surface area contributed by atoms with Crippen molar-refractivity contribution in [3.8, 4) is 0 Å². The Bertz CT molecular complexity index is 668. The number of carbonyl (C=O) groups excluding carboxylic acids is 2. The van der Waals surface area contributed by atoms with E-state index in [1.807, 2.05) is 30.9 Å². The molecule has 1 aromatic rings. The number of halogens is 1. The van der Waals surface area contributed by atoms with Gasteiger partial charge in [-0.1, -0.05) is 30.2 Å². The zero-order valence-electron chi connectivity index (χ0n) is 18.1. The van der Waals surface area contributed by atoms with E-state index in [0.717, 1.165) is 51.0 Å². The van der Waals surface area contributed by atoms with Crippen LogP contribution in [0.4, 0.5) is 4.79 Å². The summed E-state index contributed by atoms with van der Waals surface area (Å²) in [6.07, 6.45) is 3.13. The van der Waals surface area contributed by atoms with Gasteiger partial charge in [0.2, 0.25) is 5.91 Å². The molecule has 168 valence electrons. The highest BCUT2D eigenvalue weighted by atomic mass is 35.5. The van der Waals surface area contributed by atoms with Crippen molar-refractivity contribution in [1.29, 1.82) is 0 Å². The second-order valence-electron chi connectivity index (χ2n) is 8.52. The van der Waals surface area contributed by atoms with Gasteiger partial charge in [0.05, 0.1) is 5.60 Å². The Balaban J connectivity index is 1.49. The summed E-state index contributed by atoms with van der Waals surface area (Å²) in [7, 11) is 0. The van der Waals surface area contributed by atoms with Crippen molar-refractivity contribution >= 4 is 23.5 Å². The lowest BCUT2D eigenvalue weighted by atomic mass is 10.1. The van der Waals surface area contributed by atoms with E-state index in [-0.39, 0.29) is 11.9 Å². The molecule has 0 spiro atoms. The van der Waals surface area contributed by atoms with Crippen LogP contribution in [0.15, 0.2) is 24.3 Å². The molecule has 3 N–H and O–H groups in total. The minimum Gasteiger partial charge on any atom is -0.389 e. The fourth-order valence-corrected chi connectivity index (χ4v) is 3.61. The lowest BCUT2D eigenvalue weighted by Crippen LogP contribution is -2.51. The number of hydrogen-bond acceptors (Lipinski definition) is 4. The second kappa shape index (κ2) is 12.1. The molecule has 0 aromatic heterocycles. The maximum Gasteiger partial charge on any atom is 0.315 e. The van der Waals surface area contributed by atoms with Crippen LogP contribution in [-0.2, 0) is 11.3 Å². The van der Waals surface area contributed by atoms with Crippen molar-refractivity contribution in [2.24, 2.45) is 0 Å². The maximum atomic E-state index is 12.3. The summed E-state index contributed by atoms with van der Waals surface area (Å²) in [5, 5.41) is 16.2. The monoisotopic (exact) mass is 438 g/mol. The number of amides is 3. The van der Waals surface area contributed by atoms with Crippen LogP contribution in [0.3, 0.4) is 0 Å². The number of benzene rings is 1. The highest BCUT2D eigenvalue weighted by Crippen LogP contribution is 2.11. The molecular weight excluding hydrogens is 404 g/mol. The molecule has 0 radical (unpaired) electrons. The Hall–Kier alpha value is -1.83. The van der Waals surface area contributed by atoms with Gasteiger partial charge in [-0.2, -0.15) is 0 Å². The number of urea groups is 1. The van der Waals surface area contributed by atoms with Crippen molar-refractivity contribution in [2.75, 3.05) is 39.3 Å². The predicted octanol–water partition coefficient (Wildman–Crippen LogP) is 2.61. The lowest BCUT2D eigenvalue weighted by molar-refractivity contribution is -0.133. The molecule has 30 heavy (non-hydrogen) atoms. The normalized spacial score (nSPS) is 15.1. The minimum absolute atomic E-state index is 0.190. The molecule has 1 heterocycles. The fourth-order valence-electron chi connectivity index (χ4n) is 3.49. The molecule has 0 bridgehead atoms. The van der Waals surface area contributed by atoms with E-state index in [2.05, 4.69) is 15.5 Å². The Kier molecular flexibility index (Phi) is 9.88. The molecule has 0 saturated carbocycles. The van der Waals surface area contributed by atoms with Gasteiger partial charge < -0.3 is 20.6 Å². The highest BCUT2D eigenvalue weighted by Gasteiger charge is 2.24. The Morgan fingerprint density at radius 1 is 1.03 bits per heavy atom. The average Bonchev–Trinajstić information content (AvgIpc) is 2.69. The number of rotatable bonds is 10. The van der Waals surface area contributed by atoms with E-state index in [1.165, 1.54) is 0 Å². The first-order chi connectivity index (χ1) is 14.2. The van der Waals surface area contributed by atoms with E-state index < -0.39 is 5.60 Å². The van der Waals surface area contributed by atoms with Crippen LogP contribution >= 0.6 is 11.6 Å². The summed E-state index contributed by atoms with van der Waals surface area (Å²) in [4.78, 5) is 28.3. The van der Waals surface area contributed by atoms with Gasteiger partial charge in [0, 0.05) is 57.3 Å². The van der Waals surface area contributed by atoms with Crippen LogP contribution in [0.2, 0.25) is 5.02 Å². The third kappa shape index (κ3) is 9.78. The lowest BCUT2D eigenvalue weighted by Gasteiger charge is -2.37. The van der Waals surface area contributed by atoms with Crippen molar-refractivity contribution in [3.63, 3.8) is 0 Å². The third-order valence-electron chi connectivity index (χ3n) is 5.05. The van der Waals surface area contributed by atoms with E-state index >= 15 is 0 Å². The van der Waals surface area contributed by atoms with Crippen LogP contribution in [0.25, 0.3) is 0 Å². The standard InChI is InChI=1S/C22H35ClN4O3/c1-22(2,30)17-26-12-14-27(15-13-26)20(28)6-4-3-5-11-24-21(29)25-16-18-7-9-19(23)10-8-18/h7-10,30H,3-6,11-17H2,1-2H3,(H2,24,25,29). The van der Waals surface area contributed by atoms with Crippen LogP contribution in [0.5, 0.6) is 0 Å². The Labute approximate surface area is 184 Å². The van der Waals surface area contributed by atoms with Crippen LogP contribution in [0, 0.1) is 0 Å². The van der Waals surface area contributed by atoms with Gasteiger partial charge in [0.1, 0.15) is 0 Å². The van der Waals surface area contributed by atoms with Crippen molar-refractivity contribution in [2.45, 2.75) is 51.7 Å². The molecular formula is C22H35ClN4O3. The maximum absolute atomic E-state index is 12.3. The second-order valence-corrected chi connectivity index (χ2v) is 8.95. The fraction of sp³-hybridized carbons (Fsp3) is 0.636. The Morgan fingerprint density at radius 2 is 1.70 bits per heavy atom. The summed E-state index contributed by atoms with van der Waals surface area (Å²) in [5.41, 5.74) is 0.293. The number of nitrogens with zero attached hydrogens (tertiary/aromatic N) is 2. The van der Waals surface area contributed by atoms with Crippen LogP contribution < -0.4 is 10.6 Å². The smallest absolute Gasteiger partial charge is 0.315 e. The molecule has 8 heteroatoms. The largest absolute Gasteiger partial charge is 0.389 e. The van der Waals surface area contributed by atoms with Gasteiger partial charge in [-0.25, -0.2) is 4.79 Å². The summed E-state index contributed by atoms with van der Waals surface area (Å²) in [6.45, 7) is 8.38. The summed E-state index contributed by atoms with van der Waals surface area (Å²) >= 11 is 5.84.